The number of carbonyl (C=O) groups excluding carboxylic acids is 1. The van der Waals surface area contributed by atoms with Crippen LogP contribution in [0.4, 0.5) is 13.2 Å². The van der Waals surface area contributed by atoms with Crippen molar-refractivity contribution in [2.24, 2.45) is 0 Å². The van der Waals surface area contributed by atoms with E-state index < -0.39 is 17.8 Å². The molecule has 2 fully saturated rings. The van der Waals surface area contributed by atoms with E-state index in [4.69, 9.17) is 5.10 Å². The van der Waals surface area contributed by atoms with Crippen LogP contribution in [0, 0.1) is 0 Å². The van der Waals surface area contributed by atoms with E-state index >= 15 is 0 Å². The Morgan fingerprint density at radius 1 is 1.19 bits per heavy atom. The minimum absolute atomic E-state index is 0.155. The summed E-state index contributed by atoms with van der Waals surface area (Å²) in [6.45, 7) is 3.53. The standard InChI is InChI=1S/C29H35F3N10O/c1-33-15-28(42-14-20(12-37-42)25-22-4-7-34-26(22)36-18-35-25)16-41(17-28)21-5-8-40(9-6-21)27(43)23-10-19(13-39(2)3)11-24(38-23)29(30,31)32/h4,7,10-12,14,18,21,33H,5-6,8-9,13,15-17H2,1-3H3,(H,34,35,36). The molecule has 0 unspecified atom stereocenters. The molecule has 0 radical (unpaired) electrons. The van der Waals surface area contributed by atoms with Gasteiger partial charge in [0.25, 0.3) is 5.91 Å². The molecule has 6 heterocycles. The molecule has 11 nitrogen and oxygen atoms in total. The molecule has 0 atom stereocenters. The van der Waals surface area contributed by atoms with Crippen molar-refractivity contribution in [1.29, 1.82) is 0 Å². The number of pyridine rings is 1. The Morgan fingerprint density at radius 2 is 1.95 bits per heavy atom. The molecule has 4 aromatic rings. The van der Waals surface area contributed by atoms with E-state index in [-0.39, 0.29) is 23.8 Å². The molecule has 2 aliphatic heterocycles. The maximum atomic E-state index is 13.5. The van der Waals surface area contributed by atoms with Gasteiger partial charge in [0.2, 0.25) is 0 Å². The van der Waals surface area contributed by atoms with Gasteiger partial charge < -0.3 is 20.1 Å². The lowest BCUT2D eigenvalue weighted by Gasteiger charge is -2.54. The van der Waals surface area contributed by atoms with Crippen LogP contribution in [0.25, 0.3) is 22.3 Å². The third-order valence-corrected chi connectivity index (χ3v) is 8.36. The number of carbonyl (C=O) groups is 1. The molecule has 1 amide bonds. The van der Waals surface area contributed by atoms with E-state index in [9.17, 15) is 18.0 Å². The van der Waals surface area contributed by atoms with Gasteiger partial charge in [-0.25, -0.2) is 15.0 Å². The van der Waals surface area contributed by atoms with Crippen molar-refractivity contribution in [2.45, 2.75) is 37.1 Å². The number of fused-ring (bicyclic) bond motifs is 1. The minimum Gasteiger partial charge on any atom is -0.346 e. The predicted molar refractivity (Wildman–Crippen MR) is 154 cm³/mol. The van der Waals surface area contributed by atoms with Gasteiger partial charge in [0.05, 0.1) is 11.9 Å². The number of rotatable bonds is 8. The van der Waals surface area contributed by atoms with Gasteiger partial charge in [0.1, 0.15) is 28.9 Å². The third-order valence-electron chi connectivity index (χ3n) is 8.36. The van der Waals surface area contributed by atoms with Crippen LogP contribution in [0.3, 0.4) is 0 Å². The molecule has 0 aromatic carbocycles. The van der Waals surface area contributed by atoms with Crippen LogP contribution < -0.4 is 5.32 Å². The first-order valence-electron chi connectivity index (χ1n) is 14.3. The van der Waals surface area contributed by atoms with Crippen molar-refractivity contribution in [3.8, 4) is 11.3 Å². The highest BCUT2D eigenvalue weighted by atomic mass is 19.4. The summed E-state index contributed by atoms with van der Waals surface area (Å²) in [6.07, 6.45) is 4.12. The molecular formula is C29H35F3N10O. The van der Waals surface area contributed by atoms with E-state index in [1.807, 2.05) is 36.4 Å². The van der Waals surface area contributed by atoms with Gasteiger partial charge in [-0.2, -0.15) is 18.3 Å². The second kappa shape index (κ2) is 11.3. The summed E-state index contributed by atoms with van der Waals surface area (Å²) in [6, 6.07) is 4.72. The molecule has 14 heteroatoms. The van der Waals surface area contributed by atoms with Gasteiger partial charge >= 0.3 is 6.18 Å². The Kier molecular flexibility index (Phi) is 7.69. The lowest BCUT2D eigenvalue weighted by atomic mass is 9.86. The van der Waals surface area contributed by atoms with Crippen molar-refractivity contribution in [1.82, 2.24) is 49.7 Å². The first-order valence-corrected chi connectivity index (χ1v) is 14.3. The van der Waals surface area contributed by atoms with E-state index in [0.717, 1.165) is 60.8 Å². The number of halogens is 3. The number of hydrogen-bond donors (Lipinski definition) is 2. The summed E-state index contributed by atoms with van der Waals surface area (Å²) in [5, 5.41) is 8.99. The second-order valence-corrected chi connectivity index (χ2v) is 11.8. The number of aromatic nitrogens is 6. The number of likely N-dealkylation sites (tertiary alicyclic amines) is 2. The zero-order valence-electron chi connectivity index (χ0n) is 24.4. The highest BCUT2D eigenvalue weighted by Crippen LogP contribution is 2.35. The Balaban J connectivity index is 1.11. The Labute approximate surface area is 247 Å². The van der Waals surface area contributed by atoms with Crippen LogP contribution in [0.5, 0.6) is 0 Å². The number of alkyl halides is 3. The number of nitrogens with zero attached hydrogens (tertiary/aromatic N) is 8. The lowest BCUT2D eigenvalue weighted by Crippen LogP contribution is -2.69. The molecule has 0 aliphatic carbocycles. The maximum absolute atomic E-state index is 13.5. The molecule has 2 saturated heterocycles. The van der Waals surface area contributed by atoms with Gasteiger partial charge in [-0.1, -0.05) is 0 Å². The average molecular weight is 597 g/mol. The fourth-order valence-corrected chi connectivity index (χ4v) is 6.34. The predicted octanol–water partition coefficient (Wildman–Crippen LogP) is 2.83. The number of likely N-dealkylation sites (N-methyl/N-ethyl adjacent to an activating group) is 1. The van der Waals surface area contributed by atoms with Gasteiger partial charge in [0, 0.05) is 68.7 Å². The van der Waals surface area contributed by atoms with Crippen molar-refractivity contribution < 1.29 is 18.0 Å². The summed E-state index contributed by atoms with van der Waals surface area (Å²) in [5.74, 6) is -0.456. The summed E-state index contributed by atoms with van der Waals surface area (Å²) >= 11 is 0. The largest absolute Gasteiger partial charge is 0.433 e. The first-order chi connectivity index (χ1) is 20.6. The molecule has 4 aromatic heterocycles. The molecular weight excluding hydrogens is 561 g/mol. The fourth-order valence-electron chi connectivity index (χ4n) is 6.34. The second-order valence-electron chi connectivity index (χ2n) is 11.8. The summed E-state index contributed by atoms with van der Waals surface area (Å²) in [5.41, 5.74) is 1.52. The van der Waals surface area contributed by atoms with Crippen LogP contribution >= 0.6 is 0 Å². The van der Waals surface area contributed by atoms with Crippen molar-refractivity contribution in [3.05, 3.63) is 60.1 Å². The normalized spacial score (nSPS) is 18.0. The lowest BCUT2D eigenvalue weighted by molar-refractivity contribution is -0.141. The van der Waals surface area contributed by atoms with Crippen LogP contribution in [0.2, 0.25) is 0 Å². The van der Waals surface area contributed by atoms with Gasteiger partial charge in [0.15, 0.2) is 0 Å². The highest BCUT2D eigenvalue weighted by Gasteiger charge is 2.48. The van der Waals surface area contributed by atoms with Crippen LogP contribution in [-0.2, 0) is 18.3 Å². The molecule has 0 saturated carbocycles. The molecule has 2 aliphatic rings. The van der Waals surface area contributed by atoms with E-state index in [1.165, 1.54) is 6.07 Å². The molecule has 43 heavy (non-hydrogen) atoms. The number of hydrogen-bond acceptors (Lipinski definition) is 8. The Hall–Kier alpha value is -3.88. The van der Waals surface area contributed by atoms with Crippen molar-refractivity contribution >= 4 is 16.9 Å². The number of piperidine rings is 1. The van der Waals surface area contributed by atoms with E-state index in [0.29, 0.717) is 18.7 Å². The summed E-state index contributed by atoms with van der Waals surface area (Å²) in [4.78, 5) is 34.7. The third kappa shape index (κ3) is 5.74. The SMILES string of the molecule is CNCC1(n2cc(-c3ncnc4[nH]ccc34)cn2)CN(C2CCN(C(=O)c3cc(CN(C)C)cc(C(F)(F)F)n3)CC2)C1. The minimum atomic E-state index is -4.62. The number of nitrogens with one attached hydrogen (secondary N) is 2. The summed E-state index contributed by atoms with van der Waals surface area (Å²) < 4.78 is 42.6. The smallest absolute Gasteiger partial charge is 0.346 e. The molecule has 0 spiro atoms. The molecule has 6 rings (SSSR count). The van der Waals surface area contributed by atoms with Crippen LogP contribution in [0.15, 0.2) is 43.1 Å². The van der Waals surface area contributed by atoms with Gasteiger partial charge in [-0.15, -0.1) is 0 Å². The molecule has 2 N–H and O–H groups in total. The van der Waals surface area contributed by atoms with Crippen LogP contribution in [-0.4, -0.2) is 110 Å². The Morgan fingerprint density at radius 3 is 2.65 bits per heavy atom. The van der Waals surface area contributed by atoms with E-state index in [1.54, 1.807) is 30.2 Å². The topological polar surface area (TPSA) is 111 Å². The Bertz CT molecular complexity index is 1600. The van der Waals surface area contributed by atoms with Gasteiger partial charge in [-0.05, 0) is 57.7 Å². The zero-order valence-corrected chi connectivity index (χ0v) is 24.4. The molecule has 0 bridgehead atoms. The maximum Gasteiger partial charge on any atom is 0.433 e. The number of aromatic amines is 1. The average Bonchev–Trinajstić information content (AvgIpc) is 3.64. The first kappa shape index (κ1) is 29.2. The highest BCUT2D eigenvalue weighted by molar-refractivity contribution is 5.92. The zero-order chi connectivity index (χ0) is 30.4. The van der Waals surface area contributed by atoms with Gasteiger partial charge in [-0.3, -0.25) is 14.4 Å². The monoisotopic (exact) mass is 596 g/mol. The van der Waals surface area contributed by atoms with E-state index in [2.05, 4.69) is 30.2 Å². The quantitative estimate of drug-likeness (QED) is 0.320. The summed E-state index contributed by atoms with van der Waals surface area (Å²) in [7, 11) is 5.47. The molecule has 228 valence electrons. The van der Waals surface area contributed by atoms with Crippen LogP contribution in [0.1, 0.15) is 34.6 Å². The number of amides is 1. The number of H-pyrrole nitrogens is 1. The van der Waals surface area contributed by atoms with Crippen molar-refractivity contribution in [3.63, 3.8) is 0 Å². The fraction of sp³-hybridized carbons (Fsp3) is 0.483. The van der Waals surface area contributed by atoms with Crippen molar-refractivity contribution in [2.75, 3.05) is 53.9 Å².